The Morgan fingerprint density at radius 2 is 1.85 bits per heavy atom. The van der Waals surface area contributed by atoms with E-state index in [9.17, 15) is 0 Å². The van der Waals surface area contributed by atoms with Gasteiger partial charge in [0.05, 0.1) is 6.20 Å². The maximum atomic E-state index is 4.22. The highest BCUT2D eigenvalue weighted by Gasteiger charge is 2.01. The first kappa shape index (κ1) is 7.85. The molecule has 0 radical (unpaired) electrons. The number of fused-ring (bicyclic) bond motifs is 1. The van der Waals surface area contributed by atoms with Crippen molar-refractivity contribution in [2.45, 2.75) is 0 Å². The average molecular weight is 175 g/mol. The molecular formula is C8H9N5. The third kappa shape index (κ3) is 1.40. The minimum absolute atomic E-state index is 0.626. The molecule has 13 heavy (non-hydrogen) atoms. The minimum Gasteiger partial charge on any atom is -0.347 e. The molecular weight excluding hydrogens is 166 g/mol. The van der Waals surface area contributed by atoms with Crippen molar-refractivity contribution in [3.05, 3.63) is 18.6 Å². The maximum absolute atomic E-state index is 4.22. The number of nitrogens with zero attached hydrogens (tertiary/aromatic N) is 5. The fourth-order valence-electron chi connectivity index (χ4n) is 0.977. The molecule has 0 fully saturated rings. The molecule has 0 atom stereocenters. The summed E-state index contributed by atoms with van der Waals surface area (Å²) < 4.78 is 0. The van der Waals surface area contributed by atoms with Crippen LogP contribution < -0.4 is 4.90 Å². The molecule has 5 heteroatoms. The number of anilines is 1. The van der Waals surface area contributed by atoms with Crippen molar-refractivity contribution >= 4 is 17.1 Å². The smallest absolute Gasteiger partial charge is 0.226 e. The molecule has 0 saturated carbocycles. The van der Waals surface area contributed by atoms with Gasteiger partial charge in [0.15, 0.2) is 5.65 Å². The van der Waals surface area contributed by atoms with Crippen LogP contribution in [0.4, 0.5) is 5.95 Å². The van der Waals surface area contributed by atoms with Gasteiger partial charge >= 0.3 is 0 Å². The van der Waals surface area contributed by atoms with Crippen LogP contribution in [-0.4, -0.2) is 34.0 Å². The predicted molar refractivity (Wildman–Crippen MR) is 49.5 cm³/mol. The van der Waals surface area contributed by atoms with E-state index in [1.165, 1.54) is 0 Å². The van der Waals surface area contributed by atoms with Crippen molar-refractivity contribution in [1.82, 2.24) is 19.9 Å². The molecule has 2 aromatic heterocycles. The third-order valence-electron chi connectivity index (χ3n) is 1.61. The number of rotatable bonds is 1. The van der Waals surface area contributed by atoms with Crippen LogP contribution in [0.25, 0.3) is 11.2 Å². The van der Waals surface area contributed by atoms with Crippen LogP contribution in [0, 0.1) is 0 Å². The Morgan fingerprint density at radius 3 is 2.62 bits per heavy atom. The molecule has 0 aliphatic rings. The Bertz CT molecular complexity index is 426. The molecule has 0 aliphatic heterocycles. The zero-order chi connectivity index (χ0) is 9.26. The molecule has 0 unspecified atom stereocenters. The molecule has 0 spiro atoms. The van der Waals surface area contributed by atoms with Gasteiger partial charge in [0.1, 0.15) is 5.52 Å². The first-order valence-corrected chi connectivity index (χ1v) is 3.88. The van der Waals surface area contributed by atoms with E-state index < -0.39 is 0 Å². The fourth-order valence-corrected chi connectivity index (χ4v) is 0.977. The van der Waals surface area contributed by atoms with E-state index >= 15 is 0 Å². The Kier molecular flexibility index (Phi) is 1.77. The lowest BCUT2D eigenvalue weighted by Crippen LogP contribution is -2.12. The predicted octanol–water partition coefficient (Wildman–Crippen LogP) is 0.486. The molecule has 0 bridgehead atoms. The average Bonchev–Trinajstić information content (AvgIpc) is 2.17. The van der Waals surface area contributed by atoms with Crippen LogP contribution >= 0.6 is 0 Å². The zero-order valence-corrected chi connectivity index (χ0v) is 7.47. The lowest BCUT2D eigenvalue weighted by molar-refractivity contribution is 1.00. The molecule has 5 nitrogen and oxygen atoms in total. The molecule has 2 aromatic rings. The fraction of sp³-hybridized carbons (Fsp3) is 0.250. The molecule has 2 rings (SSSR count). The van der Waals surface area contributed by atoms with Gasteiger partial charge in [-0.3, -0.25) is 0 Å². The molecule has 0 amide bonds. The Balaban J connectivity index is 2.62. The second-order valence-corrected chi connectivity index (χ2v) is 2.83. The molecule has 66 valence electrons. The van der Waals surface area contributed by atoms with E-state index in [1.807, 2.05) is 19.0 Å². The maximum Gasteiger partial charge on any atom is 0.226 e. The lowest BCUT2D eigenvalue weighted by Gasteiger charge is -2.08. The van der Waals surface area contributed by atoms with Gasteiger partial charge < -0.3 is 4.90 Å². The molecule has 2 heterocycles. The second-order valence-electron chi connectivity index (χ2n) is 2.83. The van der Waals surface area contributed by atoms with Crippen LogP contribution in [0.1, 0.15) is 0 Å². The summed E-state index contributed by atoms with van der Waals surface area (Å²) >= 11 is 0. The van der Waals surface area contributed by atoms with Gasteiger partial charge in [0.25, 0.3) is 0 Å². The standard InChI is InChI=1S/C8H9N5/c1-13(2)8-11-5-6-7(12-8)10-4-3-9-6/h3-5H,1-2H3. The summed E-state index contributed by atoms with van der Waals surface area (Å²) in [6.45, 7) is 0. The molecule has 0 N–H and O–H groups in total. The van der Waals surface area contributed by atoms with Crippen LogP contribution in [0.15, 0.2) is 18.6 Å². The summed E-state index contributed by atoms with van der Waals surface area (Å²) in [5.74, 6) is 0.646. The van der Waals surface area contributed by atoms with E-state index in [0.29, 0.717) is 17.1 Å². The van der Waals surface area contributed by atoms with Gasteiger partial charge in [-0.1, -0.05) is 0 Å². The first-order valence-electron chi connectivity index (χ1n) is 3.88. The third-order valence-corrected chi connectivity index (χ3v) is 1.61. The largest absolute Gasteiger partial charge is 0.347 e. The van der Waals surface area contributed by atoms with Crippen molar-refractivity contribution in [3.63, 3.8) is 0 Å². The molecule has 0 aromatic carbocycles. The summed E-state index contributed by atoms with van der Waals surface area (Å²) in [4.78, 5) is 18.3. The number of aromatic nitrogens is 4. The lowest BCUT2D eigenvalue weighted by atomic mass is 10.5. The van der Waals surface area contributed by atoms with E-state index in [4.69, 9.17) is 0 Å². The second kappa shape index (κ2) is 2.93. The topological polar surface area (TPSA) is 54.8 Å². The van der Waals surface area contributed by atoms with E-state index in [-0.39, 0.29) is 0 Å². The van der Waals surface area contributed by atoms with Crippen molar-refractivity contribution < 1.29 is 0 Å². The summed E-state index contributed by atoms with van der Waals surface area (Å²) in [5, 5.41) is 0. The van der Waals surface area contributed by atoms with Crippen molar-refractivity contribution in [1.29, 1.82) is 0 Å². The van der Waals surface area contributed by atoms with Gasteiger partial charge in [-0.05, 0) is 0 Å². The van der Waals surface area contributed by atoms with Crippen LogP contribution in [-0.2, 0) is 0 Å². The Labute approximate surface area is 75.5 Å². The Morgan fingerprint density at radius 1 is 1.08 bits per heavy atom. The summed E-state index contributed by atoms with van der Waals surface area (Å²) in [7, 11) is 3.77. The number of hydrogen-bond acceptors (Lipinski definition) is 5. The van der Waals surface area contributed by atoms with Gasteiger partial charge in [-0.2, -0.15) is 4.98 Å². The highest BCUT2D eigenvalue weighted by molar-refractivity contribution is 5.69. The van der Waals surface area contributed by atoms with Crippen LogP contribution in [0.5, 0.6) is 0 Å². The van der Waals surface area contributed by atoms with E-state index in [0.717, 1.165) is 0 Å². The van der Waals surface area contributed by atoms with Gasteiger partial charge in [-0.25, -0.2) is 15.0 Å². The quantitative estimate of drug-likeness (QED) is 0.631. The van der Waals surface area contributed by atoms with Crippen molar-refractivity contribution in [2.75, 3.05) is 19.0 Å². The van der Waals surface area contributed by atoms with Crippen molar-refractivity contribution in [2.24, 2.45) is 0 Å². The summed E-state index contributed by atoms with van der Waals surface area (Å²) in [6.07, 6.45) is 4.92. The molecule has 0 saturated heterocycles. The minimum atomic E-state index is 0.626. The SMILES string of the molecule is CN(C)c1ncc2nccnc2n1. The highest BCUT2D eigenvalue weighted by Crippen LogP contribution is 2.07. The van der Waals surface area contributed by atoms with Gasteiger partial charge in [0, 0.05) is 26.5 Å². The monoisotopic (exact) mass is 175 g/mol. The number of hydrogen-bond donors (Lipinski definition) is 0. The highest BCUT2D eigenvalue weighted by atomic mass is 15.2. The van der Waals surface area contributed by atoms with Crippen LogP contribution in [0.2, 0.25) is 0 Å². The Hall–Kier alpha value is -1.78. The first-order chi connectivity index (χ1) is 6.27. The molecule has 0 aliphatic carbocycles. The van der Waals surface area contributed by atoms with Gasteiger partial charge in [-0.15, -0.1) is 0 Å². The normalized spacial score (nSPS) is 10.3. The van der Waals surface area contributed by atoms with E-state index in [2.05, 4.69) is 19.9 Å². The summed E-state index contributed by atoms with van der Waals surface area (Å²) in [6, 6.07) is 0. The summed E-state index contributed by atoms with van der Waals surface area (Å²) in [5.41, 5.74) is 1.34. The van der Waals surface area contributed by atoms with E-state index in [1.54, 1.807) is 18.6 Å². The van der Waals surface area contributed by atoms with Crippen molar-refractivity contribution in [3.8, 4) is 0 Å². The van der Waals surface area contributed by atoms with Crippen LogP contribution in [0.3, 0.4) is 0 Å². The zero-order valence-electron chi connectivity index (χ0n) is 7.47. The van der Waals surface area contributed by atoms with Gasteiger partial charge in [0.2, 0.25) is 5.95 Å².